The number of hydrogen-bond donors (Lipinski definition) is 1. The van der Waals surface area contributed by atoms with Crippen LogP contribution in [-0.2, 0) is 0 Å². The Hall–Kier alpha value is -0.0400. The lowest BCUT2D eigenvalue weighted by atomic mass is 9.69. The largest absolute Gasteiger partial charge is 0.327 e. The molecule has 2 rings (SSSR count). The van der Waals surface area contributed by atoms with Gasteiger partial charge in [-0.25, -0.2) is 0 Å². The van der Waals surface area contributed by atoms with Crippen LogP contribution in [0.3, 0.4) is 0 Å². The molecule has 1 nitrogen and oxygen atoms in total. The van der Waals surface area contributed by atoms with Gasteiger partial charge >= 0.3 is 0 Å². The Kier molecular flexibility index (Phi) is 1.26. The topological polar surface area (TPSA) is 26.0 Å². The number of hydrogen-bond acceptors (Lipinski definition) is 1. The van der Waals surface area contributed by atoms with Crippen molar-refractivity contribution < 1.29 is 0 Å². The first-order valence-electron chi connectivity index (χ1n) is 4.72. The van der Waals surface area contributed by atoms with Gasteiger partial charge in [0.15, 0.2) is 0 Å². The van der Waals surface area contributed by atoms with E-state index in [-0.39, 0.29) is 0 Å². The molecule has 2 N–H and O–H groups in total. The Bertz CT molecular complexity index is 181. The van der Waals surface area contributed by atoms with E-state index < -0.39 is 0 Å². The fraction of sp³-hybridized carbons (Fsp3) is 1.00. The van der Waals surface area contributed by atoms with Gasteiger partial charge in [-0.3, -0.25) is 0 Å². The summed E-state index contributed by atoms with van der Waals surface area (Å²) < 4.78 is 0. The first-order chi connectivity index (χ1) is 4.97. The lowest BCUT2D eigenvalue weighted by molar-refractivity contribution is 0.141. The van der Waals surface area contributed by atoms with E-state index in [4.69, 9.17) is 5.73 Å². The molecule has 2 saturated carbocycles. The van der Waals surface area contributed by atoms with Gasteiger partial charge in [0.05, 0.1) is 0 Å². The molecule has 0 aromatic heterocycles. The van der Waals surface area contributed by atoms with Crippen molar-refractivity contribution in [2.45, 2.75) is 46.1 Å². The second-order valence-corrected chi connectivity index (χ2v) is 5.39. The van der Waals surface area contributed by atoms with Crippen LogP contribution in [0.15, 0.2) is 0 Å². The third kappa shape index (κ3) is 0.752. The average molecular weight is 153 g/mol. The SMILES string of the molecule is CC1(C)C2CC[C@](C)(C2)C1N. The smallest absolute Gasteiger partial charge is 0.0147 e. The summed E-state index contributed by atoms with van der Waals surface area (Å²) in [6.07, 6.45) is 4.15. The number of nitrogens with two attached hydrogens (primary N) is 1. The van der Waals surface area contributed by atoms with Crippen molar-refractivity contribution in [3.63, 3.8) is 0 Å². The lowest BCUT2D eigenvalue weighted by Crippen LogP contribution is -2.46. The van der Waals surface area contributed by atoms with Gasteiger partial charge in [-0.15, -0.1) is 0 Å². The van der Waals surface area contributed by atoms with E-state index in [1.165, 1.54) is 19.3 Å². The van der Waals surface area contributed by atoms with Crippen LogP contribution < -0.4 is 5.73 Å². The van der Waals surface area contributed by atoms with Crippen LogP contribution in [0.2, 0.25) is 0 Å². The molecule has 0 spiro atoms. The predicted molar refractivity (Wildman–Crippen MR) is 47.2 cm³/mol. The van der Waals surface area contributed by atoms with E-state index in [1.54, 1.807) is 0 Å². The zero-order valence-corrected chi connectivity index (χ0v) is 7.85. The third-order valence-electron chi connectivity index (χ3n) is 4.38. The summed E-state index contributed by atoms with van der Waals surface area (Å²) in [7, 11) is 0. The normalized spacial score (nSPS) is 53.5. The van der Waals surface area contributed by atoms with Crippen molar-refractivity contribution in [3.8, 4) is 0 Å². The molecule has 0 aliphatic heterocycles. The highest BCUT2D eigenvalue weighted by molar-refractivity contribution is 5.10. The highest BCUT2D eigenvalue weighted by Crippen LogP contribution is 2.61. The van der Waals surface area contributed by atoms with Crippen molar-refractivity contribution >= 4 is 0 Å². The van der Waals surface area contributed by atoms with Crippen molar-refractivity contribution in [3.05, 3.63) is 0 Å². The molecule has 64 valence electrons. The lowest BCUT2D eigenvalue weighted by Gasteiger charge is -2.40. The zero-order valence-electron chi connectivity index (χ0n) is 7.85. The molecule has 2 bridgehead atoms. The van der Waals surface area contributed by atoms with Gasteiger partial charge in [0.1, 0.15) is 0 Å². The van der Waals surface area contributed by atoms with Crippen LogP contribution in [0.5, 0.6) is 0 Å². The fourth-order valence-electron chi connectivity index (χ4n) is 3.34. The Morgan fingerprint density at radius 2 is 1.91 bits per heavy atom. The van der Waals surface area contributed by atoms with Crippen LogP contribution in [0.25, 0.3) is 0 Å². The van der Waals surface area contributed by atoms with Gasteiger partial charge in [0.25, 0.3) is 0 Å². The Morgan fingerprint density at radius 3 is 2.18 bits per heavy atom. The van der Waals surface area contributed by atoms with Gasteiger partial charge in [-0.05, 0) is 36.0 Å². The summed E-state index contributed by atoms with van der Waals surface area (Å²) in [5.41, 5.74) is 7.12. The minimum absolute atomic E-state index is 0.410. The molecular weight excluding hydrogens is 134 g/mol. The summed E-state index contributed by atoms with van der Waals surface area (Å²) in [6, 6.07) is 0.439. The molecule has 0 aromatic rings. The van der Waals surface area contributed by atoms with Crippen LogP contribution >= 0.6 is 0 Å². The van der Waals surface area contributed by atoms with Crippen LogP contribution in [-0.4, -0.2) is 6.04 Å². The summed E-state index contributed by atoms with van der Waals surface area (Å²) in [5.74, 6) is 0.905. The van der Waals surface area contributed by atoms with E-state index in [2.05, 4.69) is 20.8 Å². The van der Waals surface area contributed by atoms with Gasteiger partial charge in [-0.1, -0.05) is 20.8 Å². The zero-order chi connectivity index (χ0) is 8.28. The molecule has 2 aliphatic carbocycles. The summed E-state index contributed by atoms with van der Waals surface area (Å²) in [5, 5.41) is 0. The molecule has 11 heavy (non-hydrogen) atoms. The second kappa shape index (κ2) is 1.82. The Labute approximate surface area is 69.4 Å². The summed E-state index contributed by atoms with van der Waals surface area (Å²) in [4.78, 5) is 0. The van der Waals surface area contributed by atoms with E-state index >= 15 is 0 Å². The maximum Gasteiger partial charge on any atom is 0.0147 e. The maximum atomic E-state index is 6.23. The first kappa shape index (κ1) is 7.60. The molecule has 1 heteroatoms. The van der Waals surface area contributed by atoms with Crippen molar-refractivity contribution in [2.75, 3.05) is 0 Å². The van der Waals surface area contributed by atoms with Crippen molar-refractivity contribution in [1.29, 1.82) is 0 Å². The highest BCUT2D eigenvalue weighted by atomic mass is 14.8. The summed E-state index contributed by atoms with van der Waals surface area (Å²) in [6.45, 7) is 7.05. The standard InChI is InChI=1S/C10H19N/c1-9(2)7-4-5-10(3,6-7)8(9)11/h7-8H,4-6,11H2,1-3H3/t7?,8?,10-/m1/s1. The maximum absolute atomic E-state index is 6.23. The molecular formula is C10H19N. The molecule has 0 saturated heterocycles. The highest BCUT2D eigenvalue weighted by Gasteiger charge is 2.57. The Morgan fingerprint density at radius 1 is 1.27 bits per heavy atom. The van der Waals surface area contributed by atoms with Crippen LogP contribution in [0, 0.1) is 16.7 Å². The molecule has 3 atom stereocenters. The monoisotopic (exact) mass is 153 g/mol. The average Bonchev–Trinajstić information content (AvgIpc) is 2.36. The molecule has 0 radical (unpaired) electrons. The van der Waals surface area contributed by atoms with Gasteiger partial charge in [-0.2, -0.15) is 0 Å². The third-order valence-corrected chi connectivity index (χ3v) is 4.38. The quantitative estimate of drug-likeness (QED) is 0.567. The van der Waals surface area contributed by atoms with Crippen LogP contribution in [0.1, 0.15) is 40.0 Å². The molecule has 2 unspecified atom stereocenters. The predicted octanol–water partition coefficient (Wildman–Crippen LogP) is 2.16. The second-order valence-electron chi connectivity index (χ2n) is 5.39. The first-order valence-corrected chi connectivity index (χ1v) is 4.72. The Balaban J connectivity index is 2.34. The van der Waals surface area contributed by atoms with E-state index in [9.17, 15) is 0 Å². The minimum atomic E-state index is 0.410. The molecule has 0 aromatic carbocycles. The van der Waals surface area contributed by atoms with Gasteiger partial charge in [0, 0.05) is 6.04 Å². The number of fused-ring (bicyclic) bond motifs is 2. The molecule has 2 aliphatic rings. The molecule has 0 heterocycles. The van der Waals surface area contributed by atoms with Crippen molar-refractivity contribution in [1.82, 2.24) is 0 Å². The minimum Gasteiger partial charge on any atom is -0.327 e. The van der Waals surface area contributed by atoms with E-state index in [0.717, 1.165) is 5.92 Å². The summed E-state index contributed by atoms with van der Waals surface area (Å²) >= 11 is 0. The molecule has 2 fully saturated rings. The van der Waals surface area contributed by atoms with E-state index in [0.29, 0.717) is 16.9 Å². The van der Waals surface area contributed by atoms with Gasteiger partial charge < -0.3 is 5.73 Å². The fourth-order valence-corrected chi connectivity index (χ4v) is 3.34. The van der Waals surface area contributed by atoms with Gasteiger partial charge in [0.2, 0.25) is 0 Å². The van der Waals surface area contributed by atoms with Crippen LogP contribution in [0.4, 0.5) is 0 Å². The molecule has 0 amide bonds. The number of rotatable bonds is 0. The van der Waals surface area contributed by atoms with E-state index in [1.807, 2.05) is 0 Å². The van der Waals surface area contributed by atoms with Crippen molar-refractivity contribution in [2.24, 2.45) is 22.5 Å².